The van der Waals surface area contributed by atoms with Gasteiger partial charge < -0.3 is 5.32 Å². The lowest BCUT2D eigenvalue weighted by Crippen LogP contribution is -2.14. The number of benzene rings is 4. The summed E-state index contributed by atoms with van der Waals surface area (Å²) in [6, 6.07) is 26.1. The molecule has 0 saturated heterocycles. The molecule has 1 amide bonds. The molecule has 0 aliphatic heterocycles. The van der Waals surface area contributed by atoms with Crippen molar-refractivity contribution < 1.29 is 4.79 Å². The zero-order chi connectivity index (χ0) is 24.2. The number of aryl methyl sites for hydroxylation is 3. The van der Waals surface area contributed by atoms with E-state index in [-0.39, 0.29) is 5.57 Å². The minimum absolute atomic E-state index is 0.0393. The molecule has 4 aromatic carbocycles. The lowest BCUT2D eigenvalue weighted by molar-refractivity contribution is -0.112. The Balaban J connectivity index is 1.79. The number of fused-ring (bicyclic) bond motifs is 1. The molecule has 0 aliphatic rings. The second-order valence-corrected chi connectivity index (χ2v) is 9.05. The van der Waals surface area contributed by atoms with Crippen molar-refractivity contribution in [1.82, 2.24) is 0 Å². The van der Waals surface area contributed by atoms with Crippen LogP contribution in [0.4, 0.5) is 5.69 Å². The molecule has 0 aromatic heterocycles. The van der Waals surface area contributed by atoms with E-state index >= 15 is 0 Å². The van der Waals surface area contributed by atoms with Gasteiger partial charge in [0.1, 0.15) is 11.6 Å². The minimum Gasteiger partial charge on any atom is -0.321 e. The van der Waals surface area contributed by atoms with Gasteiger partial charge in [-0.05, 0) is 78.4 Å². The van der Waals surface area contributed by atoms with Gasteiger partial charge in [0.25, 0.3) is 5.91 Å². The van der Waals surface area contributed by atoms with Crippen molar-refractivity contribution in [1.29, 1.82) is 5.26 Å². The predicted molar refractivity (Wildman–Crippen MR) is 141 cm³/mol. The van der Waals surface area contributed by atoms with Crippen molar-refractivity contribution in [3.8, 4) is 6.07 Å². The third-order valence-corrected chi connectivity index (χ3v) is 6.07. The fourth-order valence-corrected chi connectivity index (χ4v) is 4.44. The maximum Gasteiger partial charge on any atom is 0.266 e. The van der Waals surface area contributed by atoms with E-state index in [1.807, 2.05) is 37.3 Å². The Kier molecular flexibility index (Phi) is 6.82. The molecular formula is C30H25ClN2O. The number of amides is 1. The highest BCUT2D eigenvalue weighted by atomic mass is 35.5. The standard InChI is InChI=1S/C30H25ClN2O/c1-19-12-20(2)14-22(13-19)15-24-10-9-23-6-4-5-7-27(23)28(24)16-25(18-32)30(34)33-29-17-26(31)11-8-21(29)3/h4-14,16-17H,15H2,1-3H3,(H,33,34)/b25-16+. The largest absolute Gasteiger partial charge is 0.321 e. The molecule has 0 radical (unpaired) electrons. The first-order valence-corrected chi connectivity index (χ1v) is 11.5. The second-order valence-electron chi connectivity index (χ2n) is 8.62. The summed E-state index contributed by atoms with van der Waals surface area (Å²) in [6.45, 7) is 6.07. The van der Waals surface area contributed by atoms with Crippen LogP contribution in [0.25, 0.3) is 16.8 Å². The fourth-order valence-electron chi connectivity index (χ4n) is 4.27. The van der Waals surface area contributed by atoms with Crippen molar-refractivity contribution in [2.75, 3.05) is 5.32 Å². The number of nitrogens with one attached hydrogen (secondary N) is 1. The zero-order valence-electron chi connectivity index (χ0n) is 19.4. The van der Waals surface area contributed by atoms with Gasteiger partial charge in [0.05, 0.1) is 0 Å². The summed E-state index contributed by atoms with van der Waals surface area (Å²) in [4.78, 5) is 13.1. The predicted octanol–water partition coefficient (Wildman–Crippen LogP) is 7.55. The van der Waals surface area contributed by atoms with E-state index in [0.29, 0.717) is 17.1 Å². The average Bonchev–Trinajstić information content (AvgIpc) is 2.80. The summed E-state index contributed by atoms with van der Waals surface area (Å²) in [5.74, 6) is -0.460. The molecule has 4 heteroatoms. The van der Waals surface area contributed by atoms with Gasteiger partial charge in [0.15, 0.2) is 0 Å². The average molecular weight is 465 g/mol. The lowest BCUT2D eigenvalue weighted by Gasteiger charge is -2.13. The Morgan fingerprint density at radius 1 is 0.971 bits per heavy atom. The highest BCUT2D eigenvalue weighted by Crippen LogP contribution is 2.28. The van der Waals surface area contributed by atoms with Gasteiger partial charge >= 0.3 is 0 Å². The summed E-state index contributed by atoms with van der Waals surface area (Å²) in [5.41, 5.74) is 7.05. The number of nitrogens with zero attached hydrogens (tertiary/aromatic N) is 1. The van der Waals surface area contributed by atoms with Gasteiger partial charge in [-0.2, -0.15) is 5.26 Å². The molecule has 4 rings (SSSR count). The minimum atomic E-state index is -0.460. The quantitative estimate of drug-likeness (QED) is 0.245. The topological polar surface area (TPSA) is 52.9 Å². The number of hydrogen-bond acceptors (Lipinski definition) is 2. The third kappa shape index (κ3) is 5.20. The number of carbonyl (C=O) groups is 1. The monoisotopic (exact) mass is 464 g/mol. The van der Waals surface area contributed by atoms with E-state index in [4.69, 9.17) is 11.6 Å². The molecule has 0 spiro atoms. The second kappa shape index (κ2) is 9.95. The first-order chi connectivity index (χ1) is 16.3. The molecule has 1 N–H and O–H groups in total. The lowest BCUT2D eigenvalue weighted by atomic mass is 9.92. The van der Waals surface area contributed by atoms with Gasteiger partial charge in [-0.25, -0.2) is 0 Å². The summed E-state index contributed by atoms with van der Waals surface area (Å²) in [6.07, 6.45) is 2.41. The maximum atomic E-state index is 13.1. The molecule has 0 fully saturated rings. The van der Waals surface area contributed by atoms with Crippen molar-refractivity contribution in [3.05, 3.63) is 117 Å². The summed E-state index contributed by atoms with van der Waals surface area (Å²) in [5, 5.41) is 15.3. The number of rotatable bonds is 5. The Morgan fingerprint density at radius 2 is 1.71 bits per heavy atom. The molecule has 3 nitrogen and oxygen atoms in total. The molecule has 0 aliphatic carbocycles. The van der Waals surface area contributed by atoms with E-state index in [1.165, 1.54) is 16.7 Å². The molecule has 0 saturated carbocycles. The van der Waals surface area contributed by atoms with E-state index in [9.17, 15) is 10.1 Å². The molecule has 0 heterocycles. The molecule has 4 aromatic rings. The van der Waals surface area contributed by atoms with E-state index in [0.717, 1.165) is 27.5 Å². The Labute approximate surface area is 205 Å². The fraction of sp³-hybridized carbons (Fsp3) is 0.133. The summed E-state index contributed by atoms with van der Waals surface area (Å²) >= 11 is 6.10. The highest BCUT2D eigenvalue weighted by molar-refractivity contribution is 6.31. The van der Waals surface area contributed by atoms with Crippen molar-refractivity contribution in [3.63, 3.8) is 0 Å². The van der Waals surface area contributed by atoms with E-state index < -0.39 is 5.91 Å². The van der Waals surface area contributed by atoms with Gasteiger partial charge in [-0.15, -0.1) is 0 Å². The van der Waals surface area contributed by atoms with Crippen LogP contribution in [0.15, 0.2) is 78.4 Å². The van der Waals surface area contributed by atoms with Crippen LogP contribution < -0.4 is 5.32 Å². The van der Waals surface area contributed by atoms with Crippen LogP contribution in [0.2, 0.25) is 5.02 Å². The van der Waals surface area contributed by atoms with Gasteiger partial charge in [-0.3, -0.25) is 4.79 Å². The molecule has 34 heavy (non-hydrogen) atoms. The molecule has 0 bridgehead atoms. The first kappa shape index (κ1) is 23.3. The molecule has 0 atom stereocenters. The first-order valence-electron chi connectivity index (χ1n) is 11.1. The van der Waals surface area contributed by atoms with Crippen LogP contribution >= 0.6 is 11.6 Å². The summed E-state index contributed by atoms with van der Waals surface area (Å²) in [7, 11) is 0. The van der Waals surface area contributed by atoms with E-state index in [1.54, 1.807) is 18.2 Å². The Morgan fingerprint density at radius 3 is 2.44 bits per heavy atom. The SMILES string of the molecule is Cc1cc(C)cc(Cc2ccc3ccccc3c2/C=C(\C#N)C(=O)Nc2cc(Cl)ccc2C)c1. The van der Waals surface area contributed by atoms with Crippen molar-refractivity contribution >= 4 is 40.0 Å². The molecule has 168 valence electrons. The van der Waals surface area contributed by atoms with E-state index in [2.05, 4.69) is 55.6 Å². The normalized spacial score (nSPS) is 11.3. The highest BCUT2D eigenvalue weighted by Gasteiger charge is 2.14. The van der Waals surface area contributed by atoms with Crippen LogP contribution in [0, 0.1) is 32.1 Å². The molecular weight excluding hydrogens is 440 g/mol. The smallest absolute Gasteiger partial charge is 0.266 e. The van der Waals surface area contributed by atoms with Crippen LogP contribution in [-0.4, -0.2) is 5.91 Å². The number of halogens is 1. The van der Waals surface area contributed by atoms with Gasteiger partial charge in [-0.1, -0.05) is 83.4 Å². The Bertz CT molecular complexity index is 1460. The van der Waals surface area contributed by atoms with Crippen LogP contribution in [0.1, 0.15) is 33.4 Å². The van der Waals surface area contributed by atoms with Crippen molar-refractivity contribution in [2.45, 2.75) is 27.2 Å². The molecule has 0 unspecified atom stereocenters. The van der Waals surface area contributed by atoms with Gasteiger partial charge in [0, 0.05) is 10.7 Å². The zero-order valence-corrected chi connectivity index (χ0v) is 20.2. The van der Waals surface area contributed by atoms with Crippen LogP contribution in [-0.2, 0) is 11.2 Å². The number of nitriles is 1. The number of carbonyl (C=O) groups excluding carboxylic acids is 1. The summed E-state index contributed by atoms with van der Waals surface area (Å²) < 4.78 is 0. The third-order valence-electron chi connectivity index (χ3n) is 5.84. The maximum absolute atomic E-state index is 13.1. The van der Waals surface area contributed by atoms with Crippen molar-refractivity contribution in [2.24, 2.45) is 0 Å². The Hall–Kier alpha value is -3.87. The van der Waals surface area contributed by atoms with Gasteiger partial charge in [0.2, 0.25) is 0 Å². The van der Waals surface area contributed by atoms with Crippen LogP contribution in [0.3, 0.4) is 0 Å². The van der Waals surface area contributed by atoms with Crippen LogP contribution in [0.5, 0.6) is 0 Å². The number of anilines is 1. The number of hydrogen-bond donors (Lipinski definition) is 1.